The number of pyridine rings is 1. The van der Waals surface area contributed by atoms with Crippen LogP contribution in [0.4, 0.5) is 10.5 Å². The van der Waals surface area contributed by atoms with Gasteiger partial charge in [0.15, 0.2) is 0 Å². The summed E-state index contributed by atoms with van der Waals surface area (Å²) in [5, 5.41) is 10.6. The highest BCUT2D eigenvalue weighted by atomic mass is 16.3. The number of para-hydroxylation sites is 1. The number of aliphatic hydroxyl groups is 1. The van der Waals surface area contributed by atoms with E-state index >= 15 is 0 Å². The van der Waals surface area contributed by atoms with Crippen LogP contribution in [0.25, 0.3) is 10.9 Å². The van der Waals surface area contributed by atoms with Gasteiger partial charge in [-0.15, -0.1) is 0 Å². The SMILES string of the molecule is CC(C)(CO)c1ccc(N2C(=O)N(Cc3ccnc4ccccc34)C(C)(C)C2=O)cc1. The molecule has 0 bridgehead atoms. The van der Waals surface area contributed by atoms with Crippen LogP contribution in [0.15, 0.2) is 60.8 Å². The molecule has 0 atom stereocenters. The second-order valence-electron chi connectivity index (χ2n) is 9.14. The van der Waals surface area contributed by atoms with Gasteiger partial charge < -0.3 is 10.0 Å². The fourth-order valence-corrected chi connectivity index (χ4v) is 3.94. The Bertz CT molecular complexity index is 1150. The number of anilines is 1. The number of fused-ring (bicyclic) bond motifs is 1. The Morgan fingerprint density at radius 3 is 2.35 bits per heavy atom. The zero-order chi connectivity index (χ0) is 22.4. The van der Waals surface area contributed by atoms with Crippen LogP contribution in [0.5, 0.6) is 0 Å². The maximum absolute atomic E-state index is 13.4. The first-order valence-corrected chi connectivity index (χ1v) is 10.4. The van der Waals surface area contributed by atoms with Crippen molar-refractivity contribution >= 4 is 28.5 Å². The van der Waals surface area contributed by atoms with Crippen molar-refractivity contribution in [2.24, 2.45) is 0 Å². The maximum Gasteiger partial charge on any atom is 0.332 e. The molecule has 2 heterocycles. The first-order valence-electron chi connectivity index (χ1n) is 10.4. The van der Waals surface area contributed by atoms with E-state index in [0.717, 1.165) is 22.0 Å². The molecule has 2 aromatic carbocycles. The molecule has 0 saturated carbocycles. The Morgan fingerprint density at radius 2 is 1.68 bits per heavy atom. The molecule has 0 aliphatic carbocycles. The molecule has 160 valence electrons. The van der Waals surface area contributed by atoms with Crippen molar-refractivity contribution in [2.75, 3.05) is 11.5 Å². The summed E-state index contributed by atoms with van der Waals surface area (Å²) in [6.45, 7) is 7.76. The second kappa shape index (κ2) is 7.46. The summed E-state index contributed by atoms with van der Waals surface area (Å²) in [5.74, 6) is -0.259. The third-order valence-electron chi connectivity index (χ3n) is 6.19. The minimum Gasteiger partial charge on any atom is -0.395 e. The van der Waals surface area contributed by atoms with Crippen LogP contribution in [0.2, 0.25) is 0 Å². The van der Waals surface area contributed by atoms with E-state index in [1.165, 1.54) is 4.90 Å². The molecule has 0 radical (unpaired) electrons. The minimum absolute atomic E-state index is 0.00855. The molecule has 3 amide bonds. The van der Waals surface area contributed by atoms with Gasteiger partial charge in [0.25, 0.3) is 5.91 Å². The van der Waals surface area contributed by atoms with Crippen molar-refractivity contribution in [1.29, 1.82) is 0 Å². The van der Waals surface area contributed by atoms with Crippen LogP contribution < -0.4 is 4.90 Å². The summed E-state index contributed by atoms with van der Waals surface area (Å²) in [4.78, 5) is 33.9. The number of aliphatic hydroxyl groups excluding tert-OH is 1. The van der Waals surface area contributed by atoms with Crippen LogP contribution in [0.1, 0.15) is 38.8 Å². The summed E-state index contributed by atoms with van der Waals surface area (Å²) in [6.07, 6.45) is 1.73. The molecule has 0 unspecified atom stereocenters. The molecule has 0 spiro atoms. The lowest BCUT2D eigenvalue weighted by molar-refractivity contribution is -0.123. The third-order valence-corrected chi connectivity index (χ3v) is 6.19. The van der Waals surface area contributed by atoms with Crippen LogP contribution >= 0.6 is 0 Å². The number of nitrogens with zero attached hydrogens (tertiary/aromatic N) is 3. The molecule has 3 aromatic rings. The van der Waals surface area contributed by atoms with E-state index in [4.69, 9.17) is 0 Å². The van der Waals surface area contributed by atoms with Crippen molar-refractivity contribution in [3.63, 3.8) is 0 Å². The lowest BCUT2D eigenvalue weighted by Gasteiger charge is -2.28. The monoisotopic (exact) mass is 417 g/mol. The van der Waals surface area contributed by atoms with Gasteiger partial charge in [0.1, 0.15) is 5.54 Å². The average molecular weight is 418 g/mol. The molecule has 1 fully saturated rings. The summed E-state index contributed by atoms with van der Waals surface area (Å²) >= 11 is 0. The fourth-order valence-electron chi connectivity index (χ4n) is 3.94. The highest BCUT2D eigenvalue weighted by molar-refractivity contribution is 6.23. The first-order chi connectivity index (χ1) is 14.7. The standard InChI is InChI=1S/C25H27N3O3/c1-24(2,16-29)18-9-11-19(12-10-18)28-22(30)25(3,4)27(23(28)31)15-17-13-14-26-21-8-6-5-7-20(17)21/h5-14,29H,15-16H2,1-4H3. The van der Waals surface area contributed by atoms with Gasteiger partial charge in [-0.3, -0.25) is 9.78 Å². The predicted molar refractivity (Wildman–Crippen MR) is 121 cm³/mol. The van der Waals surface area contributed by atoms with Gasteiger partial charge in [-0.25, -0.2) is 9.69 Å². The van der Waals surface area contributed by atoms with E-state index < -0.39 is 11.0 Å². The number of imide groups is 1. The molecule has 1 N–H and O–H groups in total. The molecule has 1 saturated heterocycles. The smallest absolute Gasteiger partial charge is 0.332 e. The molecular formula is C25H27N3O3. The number of hydrogen-bond acceptors (Lipinski definition) is 4. The molecular weight excluding hydrogens is 390 g/mol. The lowest BCUT2D eigenvalue weighted by atomic mass is 9.85. The van der Waals surface area contributed by atoms with Crippen molar-refractivity contribution in [3.05, 3.63) is 71.9 Å². The zero-order valence-electron chi connectivity index (χ0n) is 18.3. The van der Waals surface area contributed by atoms with Gasteiger partial charge in [-0.1, -0.05) is 44.2 Å². The Hall–Kier alpha value is -3.25. The Morgan fingerprint density at radius 1 is 1.00 bits per heavy atom. The van der Waals surface area contributed by atoms with E-state index in [-0.39, 0.29) is 18.5 Å². The Labute approximate surface area is 182 Å². The van der Waals surface area contributed by atoms with Crippen molar-refractivity contribution < 1.29 is 14.7 Å². The van der Waals surface area contributed by atoms with E-state index in [1.54, 1.807) is 37.1 Å². The van der Waals surface area contributed by atoms with E-state index in [2.05, 4.69) is 4.98 Å². The number of carbonyl (C=O) groups is 2. The summed E-state index contributed by atoms with van der Waals surface area (Å²) < 4.78 is 0. The van der Waals surface area contributed by atoms with E-state index in [9.17, 15) is 14.7 Å². The topological polar surface area (TPSA) is 73.7 Å². The first kappa shape index (κ1) is 21.0. The highest BCUT2D eigenvalue weighted by Crippen LogP contribution is 2.35. The van der Waals surface area contributed by atoms with Crippen molar-refractivity contribution in [3.8, 4) is 0 Å². The largest absolute Gasteiger partial charge is 0.395 e. The number of benzene rings is 2. The molecule has 6 heteroatoms. The molecule has 4 rings (SSSR count). The molecule has 1 aliphatic heterocycles. The number of amides is 3. The number of hydrogen-bond donors (Lipinski definition) is 1. The molecule has 1 aliphatic rings. The number of urea groups is 1. The zero-order valence-corrected chi connectivity index (χ0v) is 18.3. The normalized spacial score (nSPS) is 16.4. The van der Waals surface area contributed by atoms with Gasteiger partial charge in [0, 0.05) is 23.5 Å². The predicted octanol–water partition coefficient (Wildman–Crippen LogP) is 4.25. The van der Waals surface area contributed by atoms with E-state index in [0.29, 0.717) is 12.2 Å². The number of rotatable bonds is 5. The Kier molecular flexibility index (Phi) is 5.06. The van der Waals surface area contributed by atoms with Crippen LogP contribution in [-0.2, 0) is 16.8 Å². The quantitative estimate of drug-likeness (QED) is 0.630. The van der Waals surface area contributed by atoms with Crippen molar-refractivity contribution in [1.82, 2.24) is 9.88 Å². The minimum atomic E-state index is -0.982. The third kappa shape index (κ3) is 3.47. The maximum atomic E-state index is 13.4. The van der Waals surface area contributed by atoms with Crippen LogP contribution in [0, 0.1) is 0 Å². The molecule has 31 heavy (non-hydrogen) atoms. The second-order valence-corrected chi connectivity index (χ2v) is 9.14. The van der Waals surface area contributed by atoms with Gasteiger partial charge in [-0.2, -0.15) is 0 Å². The fraction of sp³-hybridized carbons (Fsp3) is 0.320. The summed E-state index contributed by atoms with van der Waals surface area (Å²) in [6, 6.07) is 16.6. The van der Waals surface area contributed by atoms with Gasteiger partial charge >= 0.3 is 6.03 Å². The Balaban J connectivity index is 1.67. The molecule has 6 nitrogen and oxygen atoms in total. The van der Waals surface area contributed by atoms with Crippen molar-refractivity contribution in [2.45, 2.75) is 45.2 Å². The highest BCUT2D eigenvalue weighted by Gasteiger charge is 2.51. The van der Waals surface area contributed by atoms with Gasteiger partial charge in [0.05, 0.1) is 17.8 Å². The lowest BCUT2D eigenvalue weighted by Crippen LogP contribution is -2.43. The van der Waals surface area contributed by atoms with Gasteiger partial charge in [0.2, 0.25) is 0 Å². The van der Waals surface area contributed by atoms with Crippen LogP contribution in [0.3, 0.4) is 0 Å². The number of aromatic nitrogens is 1. The summed E-state index contributed by atoms with van der Waals surface area (Å²) in [7, 11) is 0. The average Bonchev–Trinajstić information content (AvgIpc) is 2.93. The number of carbonyl (C=O) groups excluding carboxylic acids is 2. The van der Waals surface area contributed by atoms with Crippen LogP contribution in [-0.4, -0.2) is 39.1 Å². The van der Waals surface area contributed by atoms with Gasteiger partial charge in [-0.05, 0) is 49.2 Å². The van der Waals surface area contributed by atoms with E-state index in [1.807, 2.05) is 56.3 Å². The molecule has 1 aromatic heterocycles. The summed E-state index contributed by atoms with van der Waals surface area (Å²) in [5.41, 5.74) is 1.90.